The molecule has 0 amide bonds. The van der Waals surface area contributed by atoms with E-state index in [2.05, 4.69) is 62.4 Å². The van der Waals surface area contributed by atoms with Crippen molar-refractivity contribution in [2.24, 2.45) is 0 Å². The Morgan fingerprint density at radius 3 is 2.41 bits per heavy atom. The van der Waals surface area contributed by atoms with Crippen LogP contribution in [0.15, 0.2) is 48.5 Å². The molecule has 0 spiro atoms. The molecule has 0 fully saturated rings. The summed E-state index contributed by atoms with van der Waals surface area (Å²) in [6, 6.07) is 17.5. The molecule has 0 aromatic heterocycles. The molecule has 2 aromatic rings. The van der Waals surface area contributed by atoms with E-state index in [0.29, 0.717) is 0 Å². The Morgan fingerprint density at radius 1 is 0.941 bits per heavy atom. The maximum absolute atomic E-state index is 2.31. The molecule has 0 aliphatic rings. The number of rotatable bonds is 4. The lowest BCUT2D eigenvalue weighted by molar-refractivity contribution is 0.796. The summed E-state index contributed by atoms with van der Waals surface area (Å²) in [6.07, 6.45) is 3.70. The molecule has 17 heavy (non-hydrogen) atoms. The lowest BCUT2D eigenvalue weighted by Crippen LogP contribution is -1.91. The maximum atomic E-state index is 2.31. The van der Waals surface area contributed by atoms with E-state index in [0.717, 1.165) is 0 Å². The smallest absolute Gasteiger partial charge is 0.0149 e. The highest BCUT2D eigenvalue weighted by molar-refractivity contribution is 5.68. The van der Waals surface area contributed by atoms with Gasteiger partial charge in [0.25, 0.3) is 0 Å². The van der Waals surface area contributed by atoms with Crippen molar-refractivity contribution < 1.29 is 0 Å². The van der Waals surface area contributed by atoms with Gasteiger partial charge in [0.2, 0.25) is 0 Å². The first-order valence-corrected chi connectivity index (χ1v) is 6.46. The summed E-state index contributed by atoms with van der Waals surface area (Å²) in [6.45, 7) is 4.41. The molecule has 0 heteroatoms. The van der Waals surface area contributed by atoms with Crippen molar-refractivity contribution >= 4 is 0 Å². The fourth-order valence-electron chi connectivity index (χ4n) is 2.16. The van der Waals surface area contributed by atoms with Crippen LogP contribution in [0.4, 0.5) is 0 Å². The van der Waals surface area contributed by atoms with Gasteiger partial charge in [-0.15, -0.1) is 0 Å². The second kappa shape index (κ2) is 5.67. The van der Waals surface area contributed by atoms with Crippen LogP contribution in [-0.2, 0) is 6.42 Å². The Balaban J connectivity index is 2.40. The van der Waals surface area contributed by atoms with E-state index in [9.17, 15) is 0 Å². The molecule has 2 rings (SSSR count). The summed E-state index contributed by atoms with van der Waals surface area (Å²) in [5.41, 5.74) is 5.55. The first-order chi connectivity index (χ1) is 8.31. The highest BCUT2D eigenvalue weighted by atomic mass is 14.1. The van der Waals surface area contributed by atoms with Crippen LogP contribution in [0.1, 0.15) is 30.9 Å². The minimum atomic E-state index is 1.18. The standard InChI is InChI=1S/C17H20/c1-3-4-8-16-12-11-14(2)13-17(16)15-9-6-5-7-10-15/h5-7,9-13H,3-4,8H2,1-2H3. The third-order valence-corrected chi connectivity index (χ3v) is 3.15. The summed E-state index contributed by atoms with van der Waals surface area (Å²) in [5, 5.41) is 0. The molecule has 0 aliphatic heterocycles. The zero-order valence-electron chi connectivity index (χ0n) is 10.7. The van der Waals surface area contributed by atoms with E-state index in [1.807, 2.05) is 0 Å². The molecule has 0 bridgehead atoms. The van der Waals surface area contributed by atoms with E-state index in [4.69, 9.17) is 0 Å². The monoisotopic (exact) mass is 224 g/mol. The SMILES string of the molecule is CCCCc1ccc(C)cc1-c1ccccc1. The van der Waals surface area contributed by atoms with Gasteiger partial charge in [-0.2, -0.15) is 0 Å². The summed E-state index contributed by atoms with van der Waals surface area (Å²) >= 11 is 0. The van der Waals surface area contributed by atoms with Crippen LogP contribution >= 0.6 is 0 Å². The topological polar surface area (TPSA) is 0 Å². The zero-order chi connectivity index (χ0) is 12.1. The number of hydrogen-bond acceptors (Lipinski definition) is 0. The Labute approximate surface area is 104 Å². The Kier molecular flexibility index (Phi) is 3.98. The predicted octanol–water partition coefficient (Wildman–Crippen LogP) is 5.00. The van der Waals surface area contributed by atoms with Gasteiger partial charge < -0.3 is 0 Å². The van der Waals surface area contributed by atoms with Gasteiger partial charge in [0.15, 0.2) is 0 Å². The van der Waals surface area contributed by atoms with Crippen LogP contribution in [0, 0.1) is 6.92 Å². The van der Waals surface area contributed by atoms with Crippen LogP contribution < -0.4 is 0 Å². The van der Waals surface area contributed by atoms with Gasteiger partial charge in [-0.3, -0.25) is 0 Å². The van der Waals surface area contributed by atoms with Gasteiger partial charge >= 0.3 is 0 Å². The zero-order valence-corrected chi connectivity index (χ0v) is 10.7. The Morgan fingerprint density at radius 2 is 1.71 bits per heavy atom. The molecule has 0 heterocycles. The lowest BCUT2D eigenvalue weighted by Gasteiger charge is -2.10. The van der Waals surface area contributed by atoms with E-state index in [1.54, 1.807) is 0 Å². The Hall–Kier alpha value is -1.56. The third kappa shape index (κ3) is 2.97. The van der Waals surface area contributed by atoms with Crippen molar-refractivity contribution in [2.75, 3.05) is 0 Å². The van der Waals surface area contributed by atoms with Crippen molar-refractivity contribution in [1.29, 1.82) is 0 Å². The molecule has 0 atom stereocenters. The number of hydrogen-bond donors (Lipinski definition) is 0. The van der Waals surface area contributed by atoms with Crippen LogP contribution in [-0.4, -0.2) is 0 Å². The first kappa shape index (κ1) is 11.9. The average molecular weight is 224 g/mol. The second-order valence-electron chi connectivity index (χ2n) is 4.63. The van der Waals surface area contributed by atoms with Gasteiger partial charge in [0.1, 0.15) is 0 Å². The number of benzene rings is 2. The molecular weight excluding hydrogens is 204 g/mol. The molecule has 0 N–H and O–H groups in total. The van der Waals surface area contributed by atoms with E-state index < -0.39 is 0 Å². The highest BCUT2D eigenvalue weighted by Gasteiger charge is 2.04. The molecule has 2 aromatic carbocycles. The summed E-state index contributed by atoms with van der Waals surface area (Å²) in [5.74, 6) is 0. The van der Waals surface area contributed by atoms with E-state index in [1.165, 1.54) is 41.5 Å². The average Bonchev–Trinajstić information content (AvgIpc) is 2.38. The number of aryl methyl sites for hydroxylation is 2. The molecule has 0 saturated heterocycles. The highest BCUT2D eigenvalue weighted by Crippen LogP contribution is 2.26. The molecule has 0 radical (unpaired) electrons. The molecular formula is C17H20. The lowest BCUT2D eigenvalue weighted by atomic mass is 9.94. The quantitative estimate of drug-likeness (QED) is 0.685. The second-order valence-corrected chi connectivity index (χ2v) is 4.63. The van der Waals surface area contributed by atoms with Crippen LogP contribution in [0.5, 0.6) is 0 Å². The van der Waals surface area contributed by atoms with E-state index in [-0.39, 0.29) is 0 Å². The molecule has 0 unspecified atom stereocenters. The van der Waals surface area contributed by atoms with Gasteiger partial charge in [0.05, 0.1) is 0 Å². The minimum Gasteiger partial charge on any atom is -0.0654 e. The predicted molar refractivity (Wildman–Crippen MR) is 75.2 cm³/mol. The third-order valence-electron chi connectivity index (χ3n) is 3.15. The van der Waals surface area contributed by atoms with Gasteiger partial charge in [-0.25, -0.2) is 0 Å². The van der Waals surface area contributed by atoms with Crippen molar-refractivity contribution in [2.45, 2.75) is 33.1 Å². The summed E-state index contributed by atoms with van der Waals surface area (Å²) in [7, 11) is 0. The normalized spacial score (nSPS) is 10.5. The van der Waals surface area contributed by atoms with Crippen molar-refractivity contribution in [3.63, 3.8) is 0 Å². The van der Waals surface area contributed by atoms with Crippen molar-refractivity contribution in [3.8, 4) is 11.1 Å². The maximum Gasteiger partial charge on any atom is -0.0149 e. The first-order valence-electron chi connectivity index (χ1n) is 6.46. The summed E-state index contributed by atoms with van der Waals surface area (Å²) in [4.78, 5) is 0. The van der Waals surface area contributed by atoms with Crippen LogP contribution in [0.3, 0.4) is 0 Å². The van der Waals surface area contributed by atoms with Crippen molar-refractivity contribution in [3.05, 3.63) is 59.7 Å². The fraction of sp³-hybridized carbons (Fsp3) is 0.294. The summed E-state index contributed by atoms with van der Waals surface area (Å²) < 4.78 is 0. The Bertz CT molecular complexity index is 469. The largest absolute Gasteiger partial charge is 0.0654 e. The molecule has 0 nitrogen and oxygen atoms in total. The van der Waals surface area contributed by atoms with Gasteiger partial charge in [0, 0.05) is 0 Å². The molecule has 88 valence electrons. The fourth-order valence-corrected chi connectivity index (χ4v) is 2.16. The van der Waals surface area contributed by atoms with Gasteiger partial charge in [-0.05, 0) is 36.5 Å². The van der Waals surface area contributed by atoms with E-state index >= 15 is 0 Å². The van der Waals surface area contributed by atoms with Crippen LogP contribution in [0.2, 0.25) is 0 Å². The van der Waals surface area contributed by atoms with Crippen LogP contribution in [0.25, 0.3) is 11.1 Å². The van der Waals surface area contributed by atoms with Crippen molar-refractivity contribution in [1.82, 2.24) is 0 Å². The number of unbranched alkanes of at least 4 members (excludes halogenated alkanes) is 1. The minimum absolute atomic E-state index is 1.18. The van der Waals surface area contributed by atoms with Gasteiger partial charge in [-0.1, -0.05) is 67.4 Å². The molecule has 0 aliphatic carbocycles. The molecule has 0 saturated carbocycles.